The SMILES string of the molecule is CCOc1cc(CN2CCCC2CN)ccc1O. The van der Waals surface area contributed by atoms with Gasteiger partial charge in [0.15, 0.2) is 11.5 Å². The van der Waals surface area contributed by atoms with Crippen molar-refractivity contribution in [3.05, 3.63) is 23.8 Å². The second kappa shape index (κ2) is 6.07. The fourth-order valence-corrected chi connectivity index (χ4v) is 2.53. The van der Waals surface area contributed by atoms with E-state index in [0.29, 0.717) is 18.4 Å². The molecule has 1 fully saturated rings. The molecule has 1 aliphatic heterocycles. The van der Waals surface area contributed by atoms with Crippen LogP contribution in [0.1, 0.15) is 25.3 Å². The molecule has 0 saturated carbocycles. The smallest absolute Gasteiger partial charge is 0.161 e. The quantitative estimate of drug-likeness (QED) is 0.835. The van der Waals surface area contributed by atoms with Gasteiger partial charge in [0.2, 0.25) is 0 Å². The van der Waals surface area contributed by atoms with Gasteiger partial charge in [-0.05, 0) is 44.0 Å². The van der Waals surface area contributed by atoms with E-state index in [9.17, 15) is 5.11 Å². The number of rotatable bonds is 5. The summed E-state index contributed by atoms with van der Waals surface area (Å²) in [5.74, 6) is 0.774. The van der Waals surface area contributed by atoms with Crippen LogP contribution >= 0.6 is 0 Å². The number of hydrogen-bond donors (Lipinski definition) is 2. The van der Waals surface area contributed by atoms with Crippen molar-refractivity contribution in [1.29, 1.82) is 0 Å². The van der Waals surface area contributed by atoms with Crippen LogP contribution < -0.4 is 10.5 Å². The zero-order valence-corrected chi connectivity index (χ0v) is 10.9. The van der Waals surface area contributed by atoms with Crippen molar-refractivity contribution in [2.45, 2.75) is 32.4 Å². The van der Waals surface area contributed by atoms with Crippen molar-refractivity contribution in [2.24, 2.45) is 5.73 Å². The van der Waals surface area contributed by atoms with E-state index in [1.807, 2.05) is 19.1 Å². The first-order valence-electron chi connectivity index (χ1n) is 6.63. The average Bonchev–Trinajstić information content (AvgIpc) is 2.81. The molecule has 0 bridgehead atoms. The third-order valence-corrected chi connectivity index (χ3v) is 3.48. The molecule has 0 spiro atoms. The van der Waals surface area contributed by atoms with E-state index in [4.69, 9.17) is 10.5 Å². The van der Waals surface area contributed by atoms with Gasteiger partial charge in [0.1, 0.15) is 0 Å². The molecule has 1 heterocycles. The number of aromatic hydroxyl groups is 1. The monoisotopic (exact) mass is 250 g/mol. The van der Waals surface area contributed by atoms with Gasteiger partial charge in [-0.3, -0.25) is 4.90 Å². The standard InChI is InChI=1S/C14H22N2O2/c1-2-18-14-8-11(5-6-13(14)17)10-16-7-3-4-12(16)9-15/h5-6,8,12,17H,2-4,7,9-10,15H2,1H3. The molecule has 2 rings (SSSR count). The van der Waals surface area contributed by atoms with Crippen LogP contribution in [0.5, 0.6) is 11.5 Å². The van der Waals surface area contributed by atoms with Gasteiger partial charge in [0.25, 0.3) is 0 Å². The Balaban J connectivity index is 2.07. The van der Waals surface area contributed by atoms with Crippen molar-refractivity contribution >= 4 is 0 Å². The molecule has 4 heteroatoms. The van der Waals surface area contributed by atoms with Gasteiger partial charge in [-0.1, -0.05) is 6.07 Å². The summed E-state index contributed by atoms with van der Waals surface area (Å²) in [6, 6.07) is 6.07. The van der Waals surface area contributed by atoms with E-state index >= 15 is 0 Å². The van der Waals surface area contributed by atoms with Crippen LogP contribution in [0.25, 0.3) is 0 Å². The van der Waals surface area contributed by atoms with Gasteiger partial charge < -0.3 is 15.6 Å². The summed E-state index contributed by atoms with van der Waals surface area (Å²) in [6.07, 6.45) is 2.41. The molecular formula is C14H22N2O2. The summed E-state index contributed by atoms with van der Waals surface area (Å²) in [4.78, 5) is 2.40. The van der Waals surface area contributed by atoms with Crippen molar-refractivity contribution in [3.63, 3.8) is 0 Å². The van der Waals surface area contributed by atoms with Crippen molar-refractivity contribution in [1.82, 2.24) is 4.90 Å². The number of benzene rings is 1. The minimum atomic E-state index is 0.206. The summed E-state index contributed by atoms with van der Waals surface area (Å²) in [6.45, 7) is 5.18. The number of nitrogens with zero attached hydrogens (tertiary/aromatic N) is 1. The number of nitrogens with two attached hydrogens (primary N) is 1. The van der Waals surface area contributed by atoms with Gasteiger partial charge in [-0.25, -0.2) is 0 Å². The van der Waals surface area contributed by atoms with Gasteiger partial charge in [0.05, 0.1) is 6.61 Å². The van der Waals surface area contributed by atoms with Crippen LogP contribution in [0.3, 0.4) is 0 Å². The van der Waals surface area contributed by atoms with Crippen LogP contribution in [0.15, 0.2) is 18.2 Å². The predicted molar refractivity (Wildman–Crippen MR) is 71.8 cm³/mol. The molecule has 0 amide bonds. The third kappa shape index (κ3) is 2.94. The van der Waals surface area contributed by atoms with Crippen molar-refractivity contribution in [3.8, 4) is 11.5 Å². The minimum absolute atomic E-state index is 0.206. The van der Waals surface area contributed by atoms with Crippen molar-refractivity contribution in [2.75, 3.05) is 19.7 Å². The van der Waals surface area contributed by atoms with E-state index in [1.165, 1.54) is 12.8 Å². The van der Waals surface area contributed by atoms with Crippen LogP contribution in [0.2, 0.25) is 0 Å². The lowest BCUT2D eigenvalue weighted by Gasteiger charge is -2.23. The predicted octanol–water partition coefficient (Wildman–Crippen LogP) is 1.71. The first kappa shape index (κ1) is 13.2. The minimum Gasteiger partial charge on any atom is -0.504 e. The summed E-state index contributed by atoms with van der Waals surface area (Å²) >= 11 is 0. The maximum Gasteiger partial charge on any atom is 0.161 e. The van der Waals surface area contributed by atoms with Crippen LogP contribution in [-0.4, -0.2) is 35.7 Å². The fourth-order valence-electron chi connectivity index (χ4n) is 2.53. The average molecular weight is 250 g/mol. The summed E-state index contributed by atoms with van der Waals surface area (Å²) in [7, 11) is 0. The molecule has 1 aromatic carbocycles. The topological polar surface area (TPSA) is 58.7 Å². The number of likely N-dealkylation sites (tertiary alicyclic amines) is 1. The van der Waals surface area contributed by atoms with E-state index < -0.39 is 0 Å². The molecule has 1 saturated heterocycles. The first-order chi connectivity index (χ1) is 8.74. The molecule has 4 nitrogen and oxygen atoms in total. The number of phenols is 1. The van der Waals surface area contributed by atoms with Crippen LogP contribution in [0.4, 0.5) is 0 Å². The molecule has 18 heavy (non-hydrogen) atoms. The Bertz CT molecular complexity index is 395. The lowest BCUT2D eigenvalue weighted by molar-refractivity contribution is 0.249. The molecule has 1 atom stereocenters. The Kier molecular flexibility index (Phi) is 4.44. The summed E-state index contributed by atoms with van der Waals surface area (Å²) in [5.41, 5.74) is 6.94. The van der Waals surface area contributed by atoms with E-state index in [1.54, 1.807) is 6.07 Å². The van der Waals surface area contributed by atoms with E-state index in [0.717, 1.165) is 25.2 Å². The highest BCUT2D eigenvalue weighted by Crippen LogP contribution is 2.28. The lowest BCUT2D eigenvalue weighted by atomic mass is 10.1. The van der Waals surface area contributed by atoms with E-state index in [-0.39, 0.29) is 5.75 Å². The molecule has 1 unspecified atom stereocenters. The van der Waals surface area contributed by atoms with Crippen LogP contribution in [-0.2, 0) is 6.54 Å². The highest BCUT2D eigenvalue weighted by atomic mass is 16.5. The molecule has 0 radical (unpaired) electrons. The summed E-state index contributed by atoms with van der Waals surface area (Å²) < 4.78 is 5.40. The highest BCUT2D eigenvalue weighted by molar-refractivity contribution is 5.41. The van der Waals surface area contributed by atoms with E-state index in [2.05, 4.69) is 4.90 Å². The fraction of sp³-hybridized carbons (Fsp3) is 0.571. The Morgan fingerprint density at radius 3 is 3.06 bits per heavy atom. The molecule has 100 valence electrons. The van der Waals surface area contributed by atoms with Crippen LogP contribution in [0, 0.1) is 0 Å². The number of ether oxygens (including phenoxy) is 1. The largest absolute Gasteiger partial charge is 0.504 e. The number of hydrogen-bond acceptors (Lipinski definition) is 4. The second-order valence-electron chi connectivity index (χ2n) is 4.74. The maximum absolute atomic E-state index is 9.67. The van der Waals surface area contributed by atoms with Gasteiger partial charge in [-0.15, -0.1) is 0 Å². The molecular weight excluding hydrogens is 228 g/mol. The third-order valence-electron chi connectivity index (χ3n) is 3.48. The molecule has 3 N–H and O–H groups in total. The van der Waals surface area contributed by atoms with Gasteiger partial charge in [-0.2, -0.15) is 0 Å². The lowest BCUT2D eigenvalue weighted by Crippen LogP contribution is -2.34. The Hall–Kier alpha value is -1.26. The molecule has 0 aliphatic carbocycles. The molecule has 1 aromatic rings. The Morgan fingerprint density at radius 2 is 2.33 bits per heavy atom. The second-order valence-corrected chi connectivity index (χ2v) is 4.74. The van der Waals surface area contributed by atoms with Crippen molar-refractivity contribution < 1.29 is 9.84 Å². The first-order valence-corrected chi connectivity index (χ1v) is 6.63. The Morgan fingerprint density at radius 1 is 1.50 bits per heavy atom. The van der Waals surface area contributed by atoms with Gasteiger partial charge in [0, 0.05) is 19.1 Å². The van der Waals surface area contributed by atoms with Gasteiger partial charge >= 0.3 is 0 Å². The summed E-state index contributed by atoms with van der Waals surface area (Å²) in [5, 5.41) is 9.67. The maximum atomic E-state index is 9.67. The Labute approximate surface area is 108 Å². The molecule has 0 aromatic heterocycles. The highest BCUT2D eigenvalue weighted by Gasteiger charge is 2.23. The zero-order chi connectivity index (χ0) is 13.0. The zero-order valence-electron chi connectivity index (χ0n) is 10.9. The number of phenolic OH excluding ortho intramolecular Hbond substituents is 1. The normalized spacial score (nSPS) is 20.2. The molecule has 1 aliphatic rings.